The molecule has 1 fully saturated rings. The Kier molecular flexibility index (Phi) is 5.81. The molecule has 0 bridgehead atoms. The van der Waals surface area contributed by atoms with Gasteiger partial charge in [-0.1, -0.05) is 12.1 Å². The second-order valence-electron chi connectivity index (χ2n) is 5.25. The van der Waals surface area contributed by atoms with E-state index in [-0.39, 0.29) is 5.91 Å². The van der Waals surface area contributed by atoms with E-state index in [1.54, 1.807) is 6.08 Å². The van der Waals surface area contributed by atoms with Gasteiger partial charge in [0.1, 0.15) is 5.75 Å². The van der Waals surface area contributed by atoms with Crippen LogP contribution >= 0.6 is 0 Å². The van der Waals surface area contributed by atoms with Gasteiger partial charge in [0.2, 0.25) is 5.91 Å². The third-order valence-corrected chi connectivity index (χ3v) is 3.75. The fourth-order valence-corrected chi connectivity index (χ4v) is 2.53. The first-order valence-corrected chi connectivity index (χ1v) is 7.60. The number of carbonyl (C=O) groups is 1. The van der Waals surface area contributed by atoms with Crippen LogP contribution in [0.1, 0.15) is 25.3 Å². The monoisotopic (exact) mass is 288 g/mol. The van der Waals surface area contributed by atoms with Gasteiger partial charge in [0.25, 0.3) is 0 Å². The number of nitrogens with zero attached hydrogens (tertiary/aromatic N) is 1. The van der Waals surface area contributed by atoms with Crippen LogP contribution in [0.3, 0.4) is 0 Å². The van der Waals surface area contributed by atoms with Crippen molar-refractivity contribution in [2.75, 3.05) is 26.7 Å². The van der Waals surface area contributed by atoms with E-state index >= 15 is 0 Å². The molecule has 0 radical (unpaired) electrons. The first kappa shape index (κ1) is 15.6. The van der Waals surface area contributed by atoms with Crippen molar-refractivity contribution >= 4 is 12.0 Å². The average Bonchev–Trinajstić information content (AvgIpc) is 2.54. The molecule has 1 heterocycles. The molecule has 114 valence electrons. The summed E-state index contributed by atoms with van der Waals surface area (Å²) in [7, 11) is 1.95. The fraction of sp³-hybridized carbons (Fsp3) is 0.471. The lowest BCUT2D eigenvalue weighted by molar-refractivity contribution is -0.127. The number of amides is 1. The van der Waals surface area contributed by atoms with Crippen molar-refractivity contribution in [3.8, 4) is 5.75 Å². The summed E-state index contributed by atoms with van der Waals surface area (Å²) in [6.07, 6.45) is 5.73. The Morgan fingerprint density at radius 3 is 2.86 bits per heavy atom. The summed E-state index contributed by atoms with van der Waals surface area (Å²) in [4.78, 5) is 14.1. The number of hydrogen-bond donors (Lipinski definition) is 1. The standard InChI is InChI=1S/C17H24N2O2/c1-3-21-16-9-6-14(7-10-16)8-11-17(20)19-12-4-5-15(13-19)18-2/h6-11,15,18H,3-5,12-13H2,1-2H3. The summed E-state index contributed by atoms with van der Waals surface area (Å²) < 4.78 is 5.40. The van der Waals surface area contributed by atoms with Crippen molar-refractivity contribution in [1.29, 1.82) is 0 Å². The van der Waals surface area contributed by atoms with Gasteiger partial charge >= 0.3 is 0 Å². The van der Waals surface area contributed by atoms with E-state index < -0.39 is 0 Å². The molecule has 1 N–H and O–H groups in total. The molecule has 1 aromatic rings. The van der Waals surface area contributed by atoms with Crippen LogP contribution in [0.5, 0.6) is 5.75 Å². The molecule has 0 aromatic heterocycles. The lowest BCUT2D eigenvalue weighted by atomic mass is 10.1. The van der Waals surface area contributed by atoms with Gasteiger partial charge in [0.05, 0.1) is 6.61 Å². The molecule has 1 unspecified atom stereocenters. The third kappa shape index (κ3) is 4.60. The van der Waals surface area contributed by atoms with Gasteiger partial charge in [0.15, 0.2) is 0 Å². The van der Waals surface area contributed by atoms with Crippen LogP contribution in [0.25, 0.3) is 6.08 Å². The SMILES string of the molecule is CCOc1ccc(C=CC(=O)N2CCCC(NC)C2)cc1. The first-order chi connectivity index (χ1) is 10.2. The summed E-state index contributed by atoms with van der Waals surface area (Å²) >= 11 is 0. The highest BCUT2D eigenvalue weighted by Crippen LogP contribution is 2.14. The second-order valence-corrected chi connectivity index (χ2v) is 5.25. The van der Waals surface area contributed by atoms with Crippen molar-refractivity contribution in [3.63, 3.8) is 0 Å². The van der Waals surface area contributed by atoms with E-state index in [0.717, 1.165) is 37.2 Å². The minimum Gasteiger partial charge on any atom is -0.494 e. The Bertz CT molecular complexity index is 482. The van der Waals surface area contributed by atoms with Gasteiger partial charge in [-0.2, -0.15) is 0 Å². The van der Waals surface area contributed by atoms with Crippen LogP contribution in [0, 0.1) is 0 Å². The van der Waals surface area contributed by atoms with E-state index in [4.69, 9.17) is 4.74 Å². The number of ether oxygens (including phenoxy) is 1. The second kappa shape index (κ2) is 7.84. The molecule has 1 aliphatic heterocycles. The molecule has 1 saturated heterocycles. The predicted molar refractivity (Wildman–Crippen MR) is 85.3 cm³/mol. The molecule has 21 heavy (non-hydrogen) atoms. The Morgan fingerprint density at radius 2 is 2.19 bits per heavy atom. The molecule has 0 saturated carbocycles. The lowest BCUT2D eigenvalue weighted by Crippen LogP contribution is -2.46. The number of benzene rings is 1. The number of nitrogens with one attached hydrogen (secondary N) is 1. The van der Waals surface area contributed by atoms with E-state index in [9.17, 15) is 4.79 Å². The van der Waals surface area contributed by atoms with E-state index in [1.807, 2.05) is 49.2 Å². The molecule has 0 aliphatic carbocycles. The van der Waals surface area contributed by atoms with Gasteiger partial charge in [-0.15, -0.1) is 0 Å². The molecule has 4 nitrogen and oxygen atoms in total. The zero-order valence-electron chi connectivity index (χ0n) is 12.8. The highest BCUT2D eigenvalue weighted by molar-refractivity contribution is 5.91. The van der Waals surface area contributed by atoms with Gasteiger partial charge in [-0.25, -0.2) is 0 Å². The molecular formula is C17H24N2O2. The van der Waals surface area contributed by atoms with Gasteiger partial charge in [-0.05, 0) is 50.6 Å². The number of likely N-dealkylation sites (N-methyl/N-ethyl adjacent to an activating group) is 1. The number of carbonyl (C=O) groups excluding carboxylic acids is 1. The van der Waals surface area contributed by atoms with E-state index in [1.165, 1.54) is 0 Å². The minimum atomic E-state index is 0.0869. The van der Waals surface area contributed by atoms with Crippen LogP contribution in [0.2, 0.25) is 0 Å². The third-order valence-electron chi connectivity index (χ3n) is 3.75. The van der Waals surface area contributed by atoms with Gasteiger partial charge in [0, 0.05) is 25.2 Å². The number of rotatable bonds is 5. The maximum Gasteiger partial charge on any atom is 0.246 e. The number of hydrogen-bond acceptors (Lipinski definition) is 3. The highest BCUT2D eigenvalue weighted by Gasteiger charge is 2.20. The van der Waals surface area contributed by atoms with Crippen LogP contribution in [0.4, 0.5) is 0 Å². The number of likely N-dealkylation sites (tertiary alicyclic amines) is 1. The van der Waals surface area contributed by atoms with Crippen molar-refractivity contribution in [3.05, 3.63) is 35.9 Å². The quantitative estimate of drug-likeness (QED) is 0.845. The zero-order chi connectivity index (χ0) is 15.1. The molecule has 1 aliphatic rings. The zero-order valence-corrected chi connectivity index (χ0v) is 12.8. The van der Waals surface area contributed by atoms with Gasteiger partial charge in [-0.3, -0.25) is 4.79 Å². The summed E-state index contributed by atoms with van der Waals surface area (Å²) in [5.74, 6) is 0.942. The Balaban J connectivity index is 1.92. The summed E-state index contributed by atoms with van der Waals surface area (Å²) in [6.45, 7) is 4.27. The molecule has 1 aromatic carbocycles. The Labute approximate surface area is 126 Å². The molecule has 1 atom stereocenters. The van der Waals surface area contributed by atoms with E-state index in [0.29, 0.717) is 12.6 Å². The van der Waals surface area contributed by atoms with Crippen molar-refractivity contribution in [2.45, 2.75) is 25.8 Å². The fourth-order valence-electron chi connectivity index (χ4n) is 2.53. The van der Waals surface area contributed by atoms with Crippen LogP contribution in [0.15, 0.2) is 30.3 Å². The molecule has 1 amide bonds. The topological polar surface area (TPSA) is 41.6 Å². The molecule has 4 heteroatoms. The van der Waals surface area contributed by atoms with Crippen molar-refractivity contribution in [1.82, 2.24) is 10.2 Å². The lowest BCUT2D eigenvalue weighted by Gasteiger charge is -2.31. The van der Waals surface area contributed by atoms with Crippen LogP contribution in [-0.4, -0.2) is 43.6 Å². The van der Waals surface area contributed by atoms with Crippen LogP contribution in [-0.2, 0) is 4.79 Å². The number of piperidine rings is 1. The molecular weight excluding hydrogens is 264 g/mol. The first-order valence-electron chi connectivity index (χ1n) is 7.60. The Hall–Kier alpha value is -1.81. The normalized spacial score (nSPS) is 19.0. The summed E-state index contributed by atoms with van der Waals surface area (Å²) in [6, 6.07) is 8.18. The van der Waals surface area contributed by atoms with Crippen molar-refractivity contribution in [2.24, 2.45) is 0 Å². The van der Waals surface area contributed by atoms with Crippen molar-refractivity contribution < 1.29 is 9.53 Å². The van der Waals surface area contributed by atoms with Gasteiger partial charge < -0.3 is 15.0 Å². The smallest absolute Gasteiger partial charge is 0.246 e. The van der Waals surface area contributed by atoms with E-state index in [2.05, 4.69) is 5.32 Å². The minimum absolute atomic E-state index is 0.0869. The maximum atomic E-state index is 12.2. The summed E-state index contributed by atoms with van der Waals surface area (Å²) in [5, 5.41) is 3.25. The Morgan fingerprint density at radius 1 is 1.43 bits per heavy atom. The summed E-state index contributed by atoms with van der Waals surface area (Å²) in [5.41, 5.74) is 1.01. The highest BCUT2D eigenvalue weighted by atomic mass is 16.5. The molecule has 0 spiro atoms. The van der Waals surface area contributed by atoms with Crippen LogP contribution < -0.4 is 10.1 Å². The predicted octanol–water partition coefficient (Wildman–Crippen LogP) is 2.31. The average molecular weight is 288 g/mol. The molecule has 2 rings (SSSR count). The maximum absolute atomic E-state index is 12.2. The largest absolute Gasteiger partial charge is 0.494 e.